The van der Waals surface area contributed by atoms with Crippen molar-refractivity contribution in [1.29, 1.82) is 0 Å². The largest absolute Gasteiger partial charge is 0.497 e. The SMILES string of the molecule is COc1ccc(NC(=O)CN=O)c(C)c1. The van der Waals surface area contributed by atoms with Gasteiger partial charge in [-0.05, 0) is 30.7 Å². The molecular weight excluding hydrogens is 196 g/mol. The predicted molar refractivity (Wildman–Crippen MR) is 57.0 cm³/mol. The van der Waals surface area contributed by atoms with Gasteiger partial charge in [-0.2, -0.15) is 4.91 Å². The van der Waals surface area contributed by atoms with Crippen molar-refractivity contribution in [2.24, 2.45) is 5.18 Å². The number of nitroso groups, excluding NO2 is 1. The van der Waals surface area contributed by atoms with Crippen LogP contribution in [0.5, 0.6) is 5.75 Å². The predicted octanol–water partition coefficient (Wildman–Crippen LogP) is 1.71. The van der Waals surface area contributed by atoms with Crippen LogP contribution in [-0.4, -0.2) is 19.6 Å². The van der Waals surface area contributed by atoms with Crippen LogP contribution < -0.4 is 10.1 Å². The summed E-state index contributed by atoms with van der Waals surface area (Å²) in [7, 11) is 1.57. The van der Waals surface area contributed by atoms with Gasteiger partial charge in [-0.3, -0.25) is 4.79 Å². The summed E-state index contributed by atoms with van der Waals surface area (Å²) in [4.78, 5) is 20.9. The molecule has 0 radical (unpaired) electrons. The second-order valence-electron chi connectivity index (χ2n) is 3.02. The average Bonchev–Trinajstić information content (AvgIpc) is 2.21. The van der Waals surface area contributed by atoms with Gasteiger partial charge in [-0.25, -0.2) is 0 Å². The lowest BCUT2D eigenvalue weighted by Gasteiger charge is -2.08. The van der Waals surface area contributed by atoms with E-state index in [1.807, 2.05) is 6.92 Å². The van der Waals surface area contributed by atoms with E-state index in [0.717, 1.165) is 11.3 Å². The highest BCUT2D eigenvalue weighted by Crippen LogP contribution is 2.20. The molecule has 0 aromatic heterocycles. The van der Waals surface area contributed by atoms with Gasteiger partial charge in [0.15, 0.2) is 6.54 Å². The first-order valence-electron chi connectivity index (χ1n) is 4.41. The first-order chi connectivity index (χ1) is 7.17. The number of aryl methyl sites for hydroxylation is 1. The standard InChI is InChI=1S/C10H12N2O3/c1-7-5-8(15-2)3-4-9(7)12-10(13)6-11-14/h3-5H,6H2,1-2H3,(H,12,13). The normalized spacial score (nSPS) is 9.47. The number of benzene rings is 1. The number of hydrogen-bond donors (Lipinski definition) is 1. The Morgan fingerprint density at radius 1 is 1.53 bits per heavy atom. The molecule has 1 aromatic carbocycles. The Bertz CT molecular complexity index is 377. The molecule has 0 saturated heterocycles. The van der Waals surface area contributed by atoms with Crippen molar-refractivity contribution in [1.82, 2.24) is 0 Å². The van der Waals surface area contributed by atoms with E-state index in [0.29, 0.717) is 5.69 Å². The highest BCUT2D eigenvalue weighted by atomic mass is 16.5. The van der Waals surface area contributed by atoms with Crippen molar-refractivity contribution in [2.45, 2.75) is 6.92 Å². The molecule has 0 heterocycles. The Kier molecular flexibility index (Phi) is 3.79. The summed E-state index contributed by atoms with van der Waals surface area (Å²) in [5, 5.41) is 5.08. The third-order valence-corrected chi connectivity index (χ3v) is 1.92. The number of rotatable bonds is 4. The lowest BCUT2D eigenvalue weighted by atomic mass is 10.2. The van der Waals surface area contributed by atoms with Crippen molar-refractivity contribution >= 4 is 11.6 Å². The third-order valence-electron chi connectivity index (χ3n) is 1.92. The van der Waals surface area contributed by atoms with Crippen LogP contribution in [0.2, 0.25) is 0 Å². The Morgan fingerprint density at radius 3 is 2.80 bits per heavy atom. The number of anilines is 1. The Labute approximate surface area is 87.4 Å². The monoisotopic (exact) mass is 208 g/mol. The zero-order valence-corrected chi connectivity index (χ0v) is 8.61. The van der Waals surface area contributed by atoms with E-state index in [-0.39, 0.29) is 6.54 Å². The quantitative estimate of drug-likeness (QED) is 0.766. The minimum Gasteiger partial charge on any atom is -0.497 e. The van der Waals surface area contributed by atoms with Crippen LogP contribution in [-0.2, 0) is 4.79 Å². The van der Waals surface area contributed by atoms with Gasteiger partial charge in [-0.15, -0.1) is 0 Å². The molecule has 5 heteroatoms. The van der Waals surface area contributed by atoms with Gasteiger partial charge in [-0.1, -0.05) is 5.18 Å². The lowest BCUT2D eigenvalue weighted by Crippen LogP contribution is -2.15. The fourth-order valence-electron chi connectivity index (χ4n) is 1.15. The molecule has 1 aromatic rings. The van der Waals surface area contributed by atoms with Crippen LogP contribution in [0, 0.1) is 11.8 Å². The maximum Gasteiger partial charge on any atom is 0.249 e. The average molecular weight is 208 g/mol. The van der Waals surface area contributed by atoms with Crippen molar-refractivity contribution in [3.05, 3.63) is 28.7 Å². The minimum atomic E-state index is -0.418. The smallest absolute Gasteiger partial charge is 0.249 e. The van der Waals surface area contributed by atoms with Crippen molar-refractivity contribution in [3.63, 3.8) is 0 Å². The molecule has 5 nitrogen and oxygen atoms in total. The summed E-state index contributed by atoms with van der Waals surface area (Å²) in [6.07, 6.45) is 0. The molecule has 15 heavy (non-hydrogen) atoms. The summed E-state index contributed by atoms with van der Waals surface area (Å²) >= 11 is 0. The summed E-state index contributed by atoms with van der Waals surface area (Å²) in [5.41, 5.74) is 1.53. The minimum absolute atomic E-state index is 0.370. The molecule has 1 rings (SSSR count). The Morgan fingerprint density at radius 2 is 2.27 bits per heavy atom. The number of ether oxygens (including phenoxy) is 1. The molecule has 0 aliphatic carbocycles. The van der Waals surface area contributed by atoms with E-state index in [4.69, 9.17) is 4.74 Å². The number of hydrogen-bond acceptors (Lipinski definition) is 4. The van der Waals surface area contributed by atoms with Crippen LogP contribution in [0.4, 0.5) is 5.69 Å². The summed E-state index contributed by atoms with van der Waals surface area (Å²) in [5.74, 6) is 0.303. The lowest BCUT2D eigenvalue weighted by molar-refractivity contribution is -0.114. The summed E-state index contributed by atoms with van der Waals surface area (Å²) in [6.45, 7) is 1.47. The van der Waals surface area contributed by atoms with Crippen LogP contribution in [0.1, 0.15) is 5.56 Å². The number of amides is 1. The number of nitrogens with one attached hydrogen (secondary N) is 1. The molecule has 0 bridgehead atoms. The van der Waals surface area contributed by atoms with Gasteiger partial charge in [0.1, 0.15) is 5.75 Å². The Hall–Kier alpha value is -1.91. The molecule has 0 atom stereocenters. The number of carbonyl (C=O) groups is 1. The van der Waals surface area contributed by atoms with Crippen molar-refractivity contribution < 1.29 is 9.53 Å². The first kappa shape index (κ1) is 11.2. The third kappa shape index (κ3) is 3.05. The van der Waals surface area contributed by atoms with Crippen LogP contribution >= 0.6 is 0 Å². The molecule has 0 spiro atoms. The van der Waals surface area contributed by atoms with Gasteiger partial charge in [0.05, 0.1) is 7.11 Å². The van der Waals surface area contributed by atoms with Gasteiger partial charge in [0, 0.05) is 5.69 Å². The summed E-state index contributed by atoms with van der Waals surface area (Å²) in [6, 6.07) is 5.25. The van der Waals surface area contributed by atoms with Gasteiger partial charge < -0.3 is 10.1 Å². The van der Waals surface area contributed by atoms with Gasteiger partial charge in [0.2, 0.25) is 5.91 Å². The Balaban J connectivity index is 2.77. The molecule has 0 unspecified atom stereocenters. The molecule has 0 aliphatic heterocycles. The molecule has 1 N–H and O–H groups in total. The molecule has 0 fully saturated rings. The maximum absolute atomic E-state index is 11.1. The van der Waals surface area contributed by atoms with E-state index >= 15 is 0 Å². The zero-order chi connectivity index (χ0) is 11.3. The number of methoxy groups -OCH3 is 1. The molecule has 80 valence electrons. The first-order valence-corrected chi connectivity index (χ1v) is 4.41. The van der Waals surface area contributed by atoms with Gasteiger partial charge >= 0.3 is 0 Å². The van der Waals surface area contributed by atoms with Crippen LogP contribution in [0.25, 0.3) is 0 Å². The van der Waals surface area contributed by atoms with Crippen molar-refractivity contribution in [3.8, 4) is 5.75 Å². The topological polar surface area (TPSA) is 67.8 Å². The van der Waals surface area contributed by atoms with E-state index < -0.39 is 5.91 Å². The molecule has 1 amide bonds. The van der Waals surface area contributed by atoms with Crippen LogP contribution in [0.3, 0.4) is 0 Å². The van der Waals surface area contributed by atoms with Gasteiger partial charge in [0.25, 0.3) is 0 Å². The van der Waals surface area contributed by atoms with E-state index in [1.54, 1.807) is 25.3 Å². The molecule has 0 aliphatic rings. The molecule has 0 saturated carbocycles. The number of nitrogens with zero attached hydrogens (tertiary/aromatic N) is 1. The van der Waals surface area contributed by atoms with E-state index in [2.05, 4.69) is 10.5 Å². The molecular formula is C10H12N2O3. The second-order valence-corrected chi connectivity index (χ2v) is 3.02. The van der Waals surface area contributed by atoms with Crippen LogP contribution in [0.15, 0.2) is 23.4 Å². The van der Waals surface area contributed by atoms with Crippen molar-refractivity contribution in [2.75, 3.05) is 19.0 Å². The van der Waals surface area contributed by atoms with E-state index in [1.165, 1.54) is 0 Å². The highest BCUT2D eigenvalue weighted by Gasteiger charge is 2.05. The fourth-order valence-corrected chi connectivity index (χ4v) is 1.15. The second kappa shape index (κ2) is 5.09. The number of carbonyl (C=O) groups excluding carboxylic acids is 1. The maximum atomic E-state index is 11.1. The highest BCUT2D eigenvalue weighted by molar-refractivity contribution is 5.93. The fraction of sp³-hybridized carbons (Fsp3) is 0.300. The summed E-state index contributed by atoms with van der Waals surface area (Å²) < 4.78 is 5.02. The zero-order valence-electron chi connectivity index (χ0n) is 8.61. The van der Waals surface area contributed by atoms with E-state index in [9.17, 15) is 9.70 Å².